The van der Waals surface area contributed by atoms with Crippen molar-refractivity contribution in [3.05, 3.63) is 81.7 Å². The summed E-state index contributed by atoms with van der Waals surface area (Å²) in [7, 11) is 0. The number of nitrogens with zero attached hydrogens (tertiary/aromatic N) is 5. The Labute approximate surface area is 171 Å². The van der Waals surface area contributed by atoms with Crippen LogP contribution in [0.2, 0.25) is 0 Å². The predicted octanol–water partition coefficient (Wildman–Crippen LogP) is 3.32. The molecule has 2 aromatic carbocycles. The van der Waals surface area contributed by atoms with E-state index in [4.69, 9.17) is 14.6 Å². The fraction of sp³-hybridized carbons (Fsp3) is 0.190. The normalized spacial score (nSPS) is 17.2. The van der Waals surface area contributed by atoms with Crippen molar-refractivity contribution in [3.8, 4) is 11.5 Å². The van der Waals surface area contributed by atoms with Gasteiger partial charge in [-0.05, 0) is 49.2 Å². The Kier molecular flexibility index (Phi) is 4.27. The predicted molar refractivity (Wildman–Crippen MR) is 109 cm³/mol. The van der Waals surface area contributed by atoms with Crippen molar-refractivity contribution >= 4 is 17.3 Å². The van der Waals surface area contributed by atoms with Gasteiger partial charge in [-0.2, -0.15) is 5.10 Å². The van der Waals surface area contributed by atoms with Crippen LogP contribution < -0.4 is 14.5 Å². The fourth-order valence-corrected chi connectivity index (χ4v) is 3.64. The van der Waals surface area contributed by atoms with Crippen LogP contribution in [-0.2, 0) is 6.42 Å². The van der Waals surface area contributed by atoms with Gasteiger partial charge in [0.25, 0.3) is 5.69 Å². The van der Waals surface area contributed by atoms with Gasteiger partial charge < -0.3 is 9.47 Å². The Bertz CT molecular complexity index is 1150. The van der Waals surface area contributed by atoms with E-state index in [1.54, 1.807) is 35.6 Å². The number of anilines is 1. The van der Waals surface area contributed by atoms with Gasteiger partial charge in [-0.25, -0.2) is 15.0 Å². The average molecular weight is 403 g/mol. The number of non-ortho nitro benzene ring substituents is 1. The highest BCUT2D eigenvalue weighted by Crippen LogP contribution is 2.38. The van der Waals surface area contributed by atoms with Gasteiger partial charge in [0, 0.05) is 35.7 Å². The Morgan fingerprint density at radius 2 is 1.80 bits per heavy atom. The summed E-state index contributed by atoms with van der Waals surface area (Å²) >= 11 is 0. The number of ether oxygens (including phenoxy) is 2. The van der Waals surface area contributed by atoms with Crippen LogP contribution in [0.3, 0.4) is 0 Å². The lowest BCUT2D eigenvalue weighted by Crippen LogP contribution is -2.31. The molecule has 0 radical (unpaired) electrons. The quantitative estimate of drug-likeness (QED) is 0.488. The maximum absolute atomic E-state index is 11.1. The van der Waals surface area contributed by atoms with Crippen LogP contribution in [0.1, 0.15) is 23.6 Å². The molecule has 9 heteroatoms. The SMILES string of the molecule is CC1Cc2cc3c(cc2C(c2ccc([N+](=O)[O-])cc2)=NN1c1ncccn1)OCO3. The zero-order chi connectivity index (χ0) is 20.7. The maximum Gasteiger partial charge on any atom is 0.269 e. The second-order valence-corrected chi connectivity index (χ2v) is 7.06. The van der Waals surface area contributed by atoms with Gasteiger partial charge >= 0.3 is 0 Å². The highest BCUT2D eigenvalue weighted by molar-refractivity contribution is 6.14. The number of benzene rings is 2. The molecule has 1 aromatic heterocycles. The largest absolute Gasteiger partial charge is 0.454 e. The van der Waals surface area contributed by atoms with E-state index in [-0.39, 0.29) is 18.5 Å². The Morgan fingerprint density at radius 1 is 1.10 bits per heavy atom. The molecule has 0 spiro atoms. The van der Waals surface area contributed by atoms with Crippen LogP contribution >= 0.6 is 0 Å². The van der Waals surface area contributed by atoms with Crippen LogP contribution in [-0.4, -0.2) is 33.4 Å². The zero-order valence-corrected chi connectivity index (χ0v) is 16.1. The van der Waals surface area contributed by atoms with E-state index in [1.165, 1.54) is 12.1 Å². The molecule has 0 N–H and O–H groups in total. The first kappa shape index (κ1) is 18.0. The smallest absolute Gasteiger partial charge is 0.269 e. The molecule has 3 aromatic rings. The fourth-order valence-electron chi connectivity index (χ4n) is 3.64. The molecular formula is C21H17N5O4. The molecule has 5 rings (SSSR count). The Morgan fingerprint density at radius 3 is 2.50 bits per heavy atom. The van der Waals surface area contributed by atoms with Crippen molar-refractivity contribution < 1.29 is 14.4 Å². The molecule has 150 valence electrons. The summed E-state index contributed by atoms with van der Waals surface area (Å²) < 4.78 is 11.1. The van der Waals surface area contributed by atoms with E-state index < -0.39 is 4.92 Å². The van der Waals surface area contributed by atoms with E-state index in [0.717, 1.165) is 16.7 Å². The van der Waals surface area contributed by atoms with Gasteiger partial charge in [0.15, 0.2) is 11.5 Å². The average Bonchev–Trinajstić information content (AvgIpc) is 3.16. The van der Waals surface area contributed by atoms with Crippen molar-refractivity contribution in [1.29, 1.82) is 0 Å². The van der Waals surface area contributed by atoms with Crippen LogP contribution in [0, 0.1) is 10.1 Å². The third kappa shape index (κ3) is 3.10. The van der Waals surface area contributed by atoms with Crippen LogP contribution in [0.4, 0.5) is 11.6 Å². The molecule has 0 saturated carbocycles. The number of fused-ring (bicyclic) bond motifs is 2. The van der Waals surface area contributed by atoms with Crippen LogP contribution in [0.15, 0.2) is 60.0 Å². The molecule has 3 heterocycles. The van der Waals surface area contributed by atoms with E-state index in [1.807, 2.05) is 19.1 Å². The van der Waals surface area contributed by atoms with Gasteiger partial charge in [-0.3, -0.25) is 10.1 Å². The summed E-state index contributed by atoms with van der Waals surface area (Å²) in [5, 5.41) is 17.7. The molecular weight excluding hydrogens is 386 g/mol. The summed E-state index contributed by atoms with van der Waals surface area (Å²) in [6, 6.07) is 12.0. The first-order valence-corrected chi connectivity index (χ1v) is 9.43. The molecule has 1 unspecified atom stereocenters. The molecule has 0 bridgehead atoms. The van der Waals surface area contributed by atoms with Gasteiger partial charge in [-0.15, -0.1) is 0 Å². The van der Waals surface area contributed by atoms with Crippen molar-refractivity contribution in [2.45, 2.75) is 19.4 Å². The summed E-state index contributed by atoms with van der Waals surface area (Å²) in [4.78, 5) is 19.4. The molecule has 0 amide bonds. The number of hydrazone groups is 1. The minimum absolute atomic E-state index is 0.0236. The molecule has 0 saturated heterocycles. The summed E-state index contributed by atoms with van der Waals surface area (Å²) in [5.74, 6) is 1.84. The van der Waals surface area contributed by atoms with E-state index in [0.29, 0.717) is 29.6 Å². The molecule has 30 heavy (non-hydrogen) atoms. The highest BCUT2D eigenvalue weighted by atomic mass is 16.7. The molecule has 9 nitrogen and oxygen atoms in total. The number of aromatic nitrogens is 2. The summed E-state index contributed by atoms with van der Waals surface area (Å²) in [5.41, 5.74) is 3.36. The monoisotopic (exact) mass is 403 g/mol. The van der Waals surface area contributed by atoms with Crippen LogP contribution in [0.25, 0.3) is 0 Å². The first-order chi connectivity index (χ1) is 14.6. The standard InChI is InChI=1S/C21H17N5O4/c1-13-9-15-10-18-19(30-12-29-18)11-17(15)20(14-3-5-16(6-4-14)26(27)28)24-25(13)21-22-7-2-8-23-21/h2-8,10-11,13H,9,12H2,1H3. The Balaban J connectivity index is 1.69. The summed E-state index contributed by atoms with van der Waals surface area (Å²) in [6.07, 6.45) is 4.03. The van der Waals surface area contributed by atoms with Gasteiger partial charge in [0.2, 0.25) is 12.7 Å². The molecule has 2 aliphatic heterocycles. The number of hydrogen-bond donors (Lipinski definition) is 0. The second kappa shape index (κ2) is 7.11. The first-order valence-electron chi connectivity index (χ1n) is 9.43. The maximum atomic E-state index is 11.1. The van der Waals surface area contributed by atoms with Gasteiger partial charge in [-0.1, -0.05) is 0 Å². The van der Waals surface area contributed by atoms with E-state index >= 15 is 0 Å². The van der Waals surface area contributed by atoms with Gasteiger partial charge in [0.05, 0.1) is 16.7 Å². The lowest BCUT2D eigenvalue weighted by Gasteiger charge is -2.22. The molecule has 2 aliphatic rings. The lowest BCUT2D eigenvalue weighted by atomic mass is 9.94. The highest BCUT2D eigenvalue weighted by Gasteiger charge is 2.28. The Hall–Kier alpha value is -4.01. The van der Waals surface area contributed by atoms with E-state index in [2.05, 4.69) is 9.97 Å². The van der Waals surface area contributed by atoms with E-state index in [9.17, 15) is 10.1 Å². The molecule has 1 atom stereocenters. The van der Waals surface area contributed by atoms with Crippen molar-refractivity contribution in [1.82, 2.24) is 9.97 Å². The summed E-state index contributed by atoms with van der Waals surface area (Å²) in [6.45, 7) is 2.23. The van der Waals surface area contributed by atoms with Crippen molar-refractivity contribution in [3.63, 3.8) is 0 Å². The van der Waals surface area contributed by atoms with Gasteiger partial charge in [0.1, 0.15) is 0 Å². The lowest BCUT2D eigenvalue weighted by molar-refractivity contribution is -0.384. The number of hydrogen-bond acceptors (Lipinski definition) is 8. The second-order valence-electron chi connectivity index (χ2n) is 7.06. The van der Waals surface area contributed by atoms with Crippen LogP contribution in [0.5, 0.6) is 11.5 Å². The van der Waals surface area contributed by atoms with Crippen molar-refractivity contribution in [2.24, 2.45) is 5.10 Å². The minimum Gasteiger partial charge on any atom is -0.454 e. The molecule has 0 aliphatic carbocycles. The topological polar surface area (TPSA) is 103 Å². The minimum atomic E-state index is -0.420. The third-order valence-electron chi connectivity index (χ3n) is 5.10. The van der Waals surface area contributed by atoms with Crippen molar-refractivity contribution in [2.75, 3.05) is 11.8 Å². The third-order valence-corrected chi connectivity index (χ3v) is 5.10. The number of nitro benzene ring substituents is 1. The molecule has 0 fully saturated rings. The zero-order valence-electron chi connectivity index (χ0n) is 16.1. The number of nitro groups is 1. The number of rotatable bonds is 3.